The fourth-order valence-corrected chi connectivity index (χ4v) is 3.78. The van der Waals surface area contributed by atoms with Gasteiger partial charge in [0, 0.05) is 38.7 Å². The minimum atomic E-state index is 0.00285. The summed E-state index contributed by atoms with van der Waals surface area (Å²) in [5, 5.41) is 0.719. The first-order chi connectivity index (χ1) is 13.1. The normalized spacial score (nSPS) is 17.6. The molecule has 6 heteroatoms. The van der Waals surface area contributed by atoms with Crippen LogP contribution in [0, 0.1) is 0 Å². The van der Waals surface area contributed by atoms with Gasteiger partial charge in [-0.25, -0.2) is 4.99 Å². The Morgan fingerprint density at radius 1 is 1.22 bits per heavy atom. The van der Waals surface area contributed by atoms with Crippen LogP contribution in [0.15, 0.2) is 58.7 Å². The Morgan fingerprint density at radius 2 is 2.00 bits per heavy atom. The zero-order valence-corrected chi connectivity index (χ0v) is 16.8. The number of benzene rings is 1. The number of hydrogen-bond donors (Lipinski definition) is 0. The third-order valence-electron chi connectivity index (χ3n) is 4.23. The summed E-state index contributed by atoms with van der Waals surface area (Å²) >= 11 is 1.43. The number of ether oxygens (including phenoxy) is 1. The second-order valence-electron chi connectivity index (χ2n) is 6.63. The zero-order valence-electron chi connectivity index (χ0n) is 16.0. The van der Waals surface area contributed by atoms with E-state index in [1.54, 1.807) is 12.0 Å². The van der Waals surface area contributed by atoms with Gasteiger partial charge in [0.2, 0.25) is 0 Å². The highest BCUT2D eigenvalue weighted by Gasteiger charge is 2.33. The number of amidine groups is 1. The summed E-state index contributed by atoms with van der Waals surface area (Å²) in [6.07, 6.45) is 6.82. The van der Waals surface area contributed by atoms with Crippen molar-refractivity contribution in [3.63, 3.8) is 0 Å². The lowest BCUT2D eigenvalue weighted by molar-refractivity contribution is -0.122. The van der Waals surface area contributed by atoms with Gasteiger partial charge in [-0.3, -0.25) is 9.69 Å². The van der Waals surface area contributed by atoms with E-state index < -0.39 is 0 Å². The predicted molar refractivity (Wildman–Crippen MR) is 112 cm³/mol. The summed E-state index contributed by atoms with van der Waals surface area (Å²) in [6.45, 7) is 5.47. The standard InChI is InChI=1S/C21H25N3O2S/c1-16(2)23-12-10-17(15-23)14-19-20(25)24(11-7-13-26-3)21(27-19)22-18-8-5-4-6-9-18/h4-6,8-10,12,14-16H,7,11,13H2,1-3H3/b19-14+,22-21?. The van der Waals surface area contributed by atoms with E-state index in [4.69, 9.17) is 9.73 Å². The lowest BCUT2D eigenvalue weighted by Crippen LogP contribution is -2.30. The number of rotatable bonds is 7. The van der Waals surface area contributed by atoms with E-state index in [0.29, 0.717) is 24.1 Å². The van der Waals surface area contributed by atoms with Gasteiger partial charge in [-0.15, -0.1) is 0 Å². The Kier molecular flexibility index (Phi) is 6.53. The molecule has 0 atom stereocenters. The quantitative estimate of drug-likeness (QED) is 0.514. The van der Waals surface area contributed by atoms with Gasteiger partial charge in [0.1, 0.15) is 0 Å². The van der Waals surface area contributed by atoms with Crippen LogP contribution in [0.4, 0.5) is 5.69 Å². The average molecular weight is 384 g/mol. The number of thioether (sulfide) groups is 1. The number of para-hydroxylation sites is 1. The molecule has 5 nitrogen and oxygen atoms in total. The number of carbonyl (C=O) groups excluding carboxylic acids is 1. The largest absolute Gasteiger partial charge is 0.385 e. The van der Waals surface area contributed by atoms with Crippen LogP contribution in [0.5, 0.6) is 0 Å². The second kappa shape index (κ2) is 9.06. The molecule has 3 rings (SSSR count). The molecule has 1 amide bonds. The van der Waals surface area contributed by atoms with E-state index in [9.17, 15) is 4.79 Å². The fourth-order valence-electron chi connectivity index (χ4n) is 2.76. The summed E-state index contributed by atoms with van der Waals surface area (Å²) in [7, 11) is 1.67. The molecule has 0 saturated carbocycles. The van der Waals surface area contributed by atoms with E-state index in [1.165, 1.54) is 11.8 Å². The number of carbonyl (C=O) groups is 1. The number of aromatic nitrogens is 1. The van der Waals surface area contributed by atoms with Gasteiger partial charge in [0.25, 0.3) is 5.91 Å². The van der Waals surface area contributed by atoms with Crippen molar-refractivity contribution < 1.29 is 9.53 Å². The molecule has 1 aromatic carbocycles. The van der Waals surface area contributed by atoms with Crippen LogP contribution < -0.4 is 0 Å². The average Bonchev–Trinajstić information content (AvgIpc) is 3.23. The number of methoxy groups -OCH3 is 1. The van der Waals surface area contributed by atoms with Gasteiger partial charge >= 0.3 is 0 Å². The van der Waals surface area contributed by atoms with Crippen LogP contribution in [0.2, 0.25) is 0 Å². The summed E-state index contributed by atoms with van der Waals surface area (Å²) < 4.78 is 7.27. The maximum Gasteiger partial charge on any atom is 0.266 e. The topological polar surface area (TPSA) is 46.8 Å². The fraction of sp³-hybridized carbons (Fsp3) is 0.333. The molecule has 142 valence electrons. The third-order valence-corrected chi connectivity index (χ3v) is 5.24. The monoisotopic (exact) mass is 383 g/mol. The van der Waals surface area contributed by atoms with Crippen molar-refractivity contribution in [1.82, 2.24) is 9.47 Å². The highest BCUT2D eigenvalue weighted by atomic mass is 32.2. The molecule has 0 aliphatic carbocycles. The van der Waals surface area contributed by atoms with Gasteiger partial charge in [-0.2, -0.15) is 0 Å². The van der Waals surface area contributed by atoms with Crippen molar-refractivity contribution in [1.29, 1.82) is 0 Å². The maximum atomic E-state index is 13.0. The molecule has 0 unspecified atom stereocenters. The summed E-state index contributed by atoms with van der Waals surface area (Å²) in [4.78, 5) is 20.1. The molecule has 2 heterocycles. The zero-order chi connectivity index (χ0) is 19.2. The Labute approximate surface area is 164 Å². The minimum Gasteiger partial charge on any atom is -0.385 e. The van der Waals surface area contributed by atoms with E-state index in [0.717, 1.165) is 22.8 Å². The number of nitrogens with zero attached hydrogens (tertiary/aromatic N) is 3. The van der Waals surface area contributed by atoms with E-state index in [-0.39, 0.29) is 5.91 Å². The van der Waals surface area contributed by atoms with E-state index in [1.807, 2.05) is 48.7 Å². The smallest absolute Gasteiger partial charge is 0.266 e. The SMILES string of the molecule is COCCCN1C(=O)/C(=C\c2ccn(C(C)C)c2)SC1=Nc1ccccc1. The first kappa shape index (κ1) is 19.5. The highest BCUT2D eigenvalue weighted by Crippen LogP contribution is 2.34. The van der Waals surface area contributed by atoms with E-state index in [2.05, 4.69) is 24.6 Å². The molecular formula is C21H25N3O2S. The Bertz CT molecular complexity index is 840. The first-order valence-electron chi connectivity index (χ1n) is 9.10. The molecule has 0 N–H and O–H groups in total. The van der Waals surface area contributed by atoms with Gasteiger partial charge in [-0.1, -0.05) is 18.2 Å². The van der Waals surface area contributed by atoms with Crippen LogP contribution >= 0.6 is 11.8 Å². The Morgan fingerprint density at radius 3 is 2.67 bits per heavy atom. The lowest BCUT2D eigenvalue weighted by Gasteiger charge is -2.15. The molecule has 1 fully saturated rings. The van der Waals surface area contributed by atoms with Crippen LogP contribution in [0.3, 0.4) is 0 Å². The van der Waals surface area contributed by atoms with Gasteiger partial charge in [0.15, 0.2) is 5.17 Å². The Hall–Kier alpha value is -2.31. The van der Waals surface area contributed by atoms with Crippen molar-refractivity contribution >= 4 is 34.6 Å². The molecule has 1 aliphatic rings. The van der Waals surface area contributed by atoms with Crippen LogP contribution in [0.25, 0.3) is 6.08 Å². The number of hydrogen-bond acceptors (Lipinski definition) is 4. The summed E-state index contributed by atoms with van der Waals surface area (Å²) in [5.74, 6) is 0.00285. The van der Waals surface area contributed by atoms with Crippen molar-refractivity contribution in [2.24, 2.45) is 4.99 Å². The summed E-state index contributed by atoms with van der Waals surface area (Å²) in [6, 6.07) is 12.2. The first-order valence-corrected chi connectivity index (χ1v) is 9.91. The third kappa shape index (κ3) is 4.90. The van der Waals surface area contributed by atoms with Gasteiger partial charge < -0.3 is 9.30 Å². The molecule has 1 saturated heterocycles. The van der Waals surface area contributed by atoms with Crippen molar-refractivity contribution in [3.05, 3.63) is 59.3 Å². The second-order valence-corrected chi connectivity index (χ2v) is 7.64. The van der Waals surface area contributed by atoms with Gasteiger partial charge in [-0.05, 0) is 61.9 Å². The maximum absolute atomic E-state index is 13.0. The minimum absolute atomic E-state index is 0.00285. The number of aliphatic imine (C=N–C) groups is 1. The molecular weight excluding hydrogens is 358 g/mol. The van der Waals surface area contributed by atoms with E-state index >= 15 is 0 Å². The van der Waals surface area contributed by atoms with Crippen molar-refractivity contribution in [3.8, 4) is 0 Å². The predicted octanol–water partition coefficient (Wildman–Crippen LogP) is 4.71. The van der Waals surface area contributed by atoms with Gasteiger partial charge in [0.05, 0.1) is 10.6 Å². The summed E-state index contributed by atoms with van der Waals surface area (Å²) in [5.41, 5.74) is 1.87. The Balaban J connectivity index is 1.86. The molecule has 1 aliphatic heterocycles. The van der Waals surface area contributed by atoms with Crippen LogP contribution in [-0.4, -0.2) is 40.8 Å². The molecule has 0 bridgehead atoms. The van der Waals surface area contributed by atoms with Crippen LogP contribution in [-0.2, 0) is 9.53 Å². The molecule has 1 aromatic heterocycles. The van der Waals surface area contributed by atoms with Crippen molar-refractivity contribution in [2.75, 3.05) is 20.3 Å². The lowest BCUT2D eigenvalue weighted by atomic mass is 10.3. The van der Waals surface area contributed by atoms with Crippen molar-refractivity contribution in [2.45, 2.75) is 26.3 Å². The molecule has 0 spiro atoms. The van der Waals surface area contributed by atoms with Crippen LogP contribution in [0.1, 0.15) is 31.9 Å². The highest BCUT2D eigenvalue weighted by molar-refractivity contribution is 8.18. The molecule has 0 radical (unpaired) electrons. The molecule has 27 heavy (non-hydrogen) atoms. The number of amides is 1. The molecule has 2 aromatic rings.